The summed E-state index contributed by atoms with van der Waals surface area (Å²) in [4.78, 5) is 10.6. The van der Waals surface area contributed by atoms with E-state index < -0.39 is 26.6 Å². The first-order valence-corrected chi connectivity index (χ1v) is 6.73. The van der Waals surface area contributed by atoms with Crippen LogP contribution < -0.4 is 4.72 Å². The van der Waals surface area contributed by atoms with E-state index in [9.17, 15) is 17.6 Å². The fourth-order valence-electron chi connectivity index (χ4n) is 1.18. The van der Waals surface area contributed by atoms with Crippen molar-refractivity contribution in [3.63, 3.8) is 0 Å². The summed E-state index contributed by atoms with van der Waals surface area (Å²) in [6.45, 7) is 1.73. The Hall–Kier alpha value is -1.14. The lowest BCUT2D eigenvalue weighted by Gasteiger charge is -2.07. The van der Waals surface area contributed by atoms with Crippen LogP contribution in [-0.2, 0) is 14.8 Å². The van der Waals surface area contributed by atoms with E-state index in [1.165, 1.54) is 6.07 Å². The Balaban J connectivity index is 3.01. The van der Waals surface area contributed by atoms with Crippen LogP contribution in [0.4, 0.5) is 4.39 Å². The molecule has 0 saturated heterocycles. The van der Waals surface area contributed by atoms with E-state index in [1.807, 2.05) is 0 Å². The molecule has 0 heterocycles. The lowest BCUT2D eigenvalue weighted by Crippen LogP contribution is -2.30. The van der Waals surface area contributed by atoms with Gasteiger partial charge in [-0.25, -0.2) is 17.5 Å². The molecule has 1 aromatic rings. The molecule has 0 aromatic heterocycles. The second kappa shape index (κ2) is 5.46. The van der Waals surface area contributed by atoms with Crippen LogP contribution in [0.25, 0.3) is 0 Å². The molecule has 17 heavy (non-hydrogen) atoms. The van der Waals surface area contributed by atoms with E-state index in [1.54, 1.807) is 11.6 Å². The van der Waals surface area contributed by atoms with Crippen LogP contribution in [0, 0.1) is 5.82 Å². The first kappa shape index (κ1) is 13.9. The van der Waals surface area contributed by atoms with E-state index in [2.05, 4.69) is 0 Å². The van der Waals surface area contributed by atoms with Gasteiger partial charge in [-0.1, -0.05) is 18.5 Å². The summed E-state index contributed by atoms with van der Waals surface area (Å²) in [6.07, 6.45) is 0.568. The lowest BCUT2D eigenvalue weighted by atomic mass is 10.3. The van der Waals surface area contributed by atoms with Gasteiger partial charge in [0.25, 0.3) is 10.0 Å². The Morgan fingerprint density at radius 2 is 2.12 bits per heavy atom. The van der Waals surface area contributed by atoms with Crippen molar-refractivity contribution in [3.05, 3.63) is 29.0 Å². The fraction of sp³-hybridized carbons (Fsp3) is 0.300. The number of rotatable bonds is 4. The summed E-state index contributed by atoms with van der Waals surface area (Å²) >= 11 is 5.50. The van der Waals surface area contributed by atoms with Gasteiger partial charge in [-0.3, -0.25) is 4.79 Å². The summed E-state index contributed by atoms with van der Waals surface area (Å²) in [7, 11) is -4.16. The largest absolute Gasteiger partial charge is 0.274 e. The van der Waals surface area contributed by atoms with E-state index in [-0.39, 0.29) is 11.4 Å². The normalized spacial score (nSPS) is 11.2. The number of nitrogens with one attached hydrogen (secondary N) is 1. The van der Waals surface area contributed by atoms with Crippen molar-refractivity contribution in [2.45, 2.75) is 24.7 Å². The summed E-state index contributed by atoms with van der Waals surface area (Å²) < 4.78 is 38.4. The molecule has 1 N–H and O–H groups in total. The topological polar surface area (TPSA) is 63.2 Å². The van der Waals surface area contributed by atoms with Gasteiger partial charge in [0.05, 0.1) is 0 Å². The van der Waals surface area contributed by atoms with Gasteiger partial charge in [-0.05, 0) is 24.6 Å². The predicted octanol–water partition coefficient (Wildman–Crippen LogP) is 2.08. The van der Waals surface area contributed by atoms with Crippen molar-refractivity contribution < 1.29 is 17.6 Å². The third-order valence-electron chi connectivity index (χ3n) is 1.91. The number of sulfonamides is 1. The molecule has 0 fully saturated rings. The minimum Gasteiger partial charge on any atom is -0.274 e. The van der Waals surface area contributed by atoms with Gasteiger partial charge in [0.2, 0.25) is 5.91 Å². The quantitative estimate of drug-likeness (QED) is 0.918. The minimum absolute atomic E-state index is 0.0639. The Bertz CT molecular complexity index is 530. The highest BCUT2D eigenvalue weighted by molar-refractivity contribution is 7.90. The molecule has 0 saturated carbocycles. The average Bonchev–Trinajstić information content (AvgIpc) is 2.15. The standard InChI is InChI=1S/C10H11ClFNO3S/c1-2-3-10(14)13-17(15,16)9-5-4-7(11)6-8(9)12/h4-6H,2-3H2,1H3,(H,13,14). The summed E-state index contributed by atoms with van der Waals surface area (Å²) in [5, 5.41) is 0.0846. The third-order valence-corrected chi connectivity index (χ3v) is 3.55. The molecule has 1 amide bonds. The Labute approximate surface area is 104 Å². The molecule has 1 aromatic carbocycles. The third kappa shape index (κ3) is 3.67. The fourth-order valence-corrected chi connectivity index (χ4v) is 2.41. The number of carbonyl (C=O) groups excluding carboxylic acids is 1. The maximum absolute atomic E-state index is 13.4. The Morgan fingerprint density at radius 1 is 1.47 bits per heavy atom. The van der Waals surface area contributed by atoms with Gasteiger partial charge in [-0.15, -0.1) is 0 Å². The zero-order valence-corrected chi connectivity index (χ0v) is 10.6. The van der Waals surface area contributed by atoms with Crippen LogP contribution in [0.2, 0.25) is 5.02 Å². The van der Waals surface area contributed by atoms with Crippen LogP contribution in [0.5, 0.6) is 0 Å². The summed E-state index contributed by atoms with van der Waals surface area (Å²) in [5.74, 6) is -1.66. The van der Waals surface area contributed by atoms with Crippen LogP contribution in [0.1, 0.15) is 19.8 Å². The highest BCUT2D eigenvalue weighted by atomic mass is 35.5. The molecule has 0 bridgehead atoms. The van der Waals surface area contributed by atoms with Crippen LogP contribution in [0.3, 0.4) is 0 Å². The smallest absolute Gasteiger partial charge is 0.266 e. The van der Waals surface area contributed by atoms with Gasteiger partial charge in [-0.2, -0.15) is 0 Å². The van der Waals surface area contributed by atoms with Crippen molar-refractivity contribution in [3.8, 4) is 0 Å². The molecule has 0 unspecified atom stereocenters. The van der Waals surface area contributed by atoms with E-state index >= 15 is 0 Å². The van der Waals surface area contributed by atoms with E-state index in [0.717, 1.165) is 12.1 Å². The van der Waals surface area contributed by atoms with Crippen LogP contribution in [-0.4, -0.2) is 14.3 Å². The first-order valence-electron chi connectivity index (χ1n) is 4.87. The SMILES string of the molecule is CCCC(=O)NS(=O)(=O)c1ccc(Cl)cc1F. The number of halogens is 2. The van der Waals surface area contributed by atoms with Crippen molar-refractivity contribution in [2.24, 2.45) is 0 Å². The van der Waals surface area contributed by atoms with Gasteiger partial charge in [0.15, 0.2) is 0 Å². The lowest BCUT2D eigenvalue weighted by molar-refractivity contribution is -0.119. The highest BCUT2D eigenvalue weighted by Gasteiger charge is 2.21. The monoisotopic (exact) mass is 279 g/mol. The van der Waals surface area contributed by atoms with Gasteiger partial charge in [0.1, 0.15) is 10.7 Å². The summed E-state index contributed by atoms with van der Waals surface area (Å²) in [6, 6.07) is 3.13. The molecule has 0 atom stereocenters. The molecule has 4 nitrogen and oxygen atoms in total. The predicted molar refractivity (Wildman–Crippen MR) is 61.6 cm³/mol. The van der Waals surface area contributed by atoms with Gasteiger partial charge < -0.3 is 0 Å². The first-order chi connectivity index (χ1) is 7.86. The molecule has 0 spiro atoms. The molecule has 94 valence electrons. The zero-order valence-electron chi connectivity index (χ0n) is 9.04. The van der Waals surface area contributed by atoms with Crippen molar-refractivity contribution >= 4 is 27.5 Å². The average molecular weight is 280 g/mol. The van der Waals surface area contributed by atoms with E-state index in [4.69, 9.17) is 11.6 Å². The molecule has 7 heteroatoms. The molecule has 0 aliphatic rings. The Kier molecular flexibility index (Phi) is 4.47. The number of carbonyl (C=O) groups is 1. The van der Waals surface area contributed by atoms with Gasteiger partial charge >= 0.3 is 0 Å². The second-order valence-corrected chi connectivity index (χ2v) is 5.44. The van der Waals surface area contributed by atoms with Crippen LogP contribution >= 0.6 is 11.6 Å². The molecular weight excluding hydrogens is 269 g/mol. The molecule has 1 rings (SSSR count). The maximum Gasteiger partial charge on any atom is 0.266 e. The number of hydrogen-bond donors (Lipinski definition) is 1. The molecular formula is C10H11ClFNO3S. The zero-order chi connectivity index (χ0) is 13.1. The maximum atomic E-state index is 13.4. The van der Waals surface area contributed by atoms with Crippen molar-refractivity contribution in [1.29, 1.82) is 0 Å². The summed E-state index contributed by atoms with van der Waals surface area (Å²) in [5.41, 5.74) is 0. The highest BCUT2D eigenvalue weighted by Crippen LogP contribution is 2.18. The molecule has 0 radical (unpaired) electrons. The number of benzene rings is 1. The number of amides is 1. The van der Waals surface area contributed by atoms with Crippen LogP contribution in [0.15, 0.2) is 23.1 Å². The second-order valence-electron chi connectivity index (χ2n) is 3.35. The number of hydrogen-bond acceptors (Lipinski definition) is 3. The van der Waals surface area contributed by atoms with Gasteiger partial charge in [0, 0.05) is 11.4 Å². The van der Waals surface area contributed by atoms with Crippen molar-refractivity contribution in [1.82, 2.24) is 4.72 Å². The molecule has 0 aliphatic carbocycles. The Morgan fingerprint density at radius 3 is 2.65 bits per heavy atom. The van der Waals surface area contributed by atoms with E-state index in [0.29, 0.717) is 6.42 Å². The molecule has 0 aliphatic heterocycles. The van der Waals surface area contributed by atoms with Crippen molar-refractivity contribution in [2.75, 3.05) is 0 Å². The minimum atomic E-state index is -4.16.